The minimum atomic E-state index is -1.68. The van der Waals surface area contributed by atoms with E-state index < -0.39 is 28.4 Å². The number of carbonyl (C=O) groups excluding carboxylic acids is 2. The van der Waals surface area contributed by atoms with Crippen molar-refractivity contribution < 1.29 is 29.1 Å². The third-order valence-corrected chi connectivity index (χ3v) is 6.62. The van der Waals surface area contributed by atoms with E-state index in [1.165, 1.54) is 30.6 Å². The Morgan fingerprint density at radius 3 is 2.47 bits per heavy atom. The molecule has 2 N–H and O–H groups in total. The smallest absolute Gasteiger partial charge is 0.413 e. The van der Waals surface area contributed by atoms with Gasteiger partial charge in [0, 0.05) is 5.38 Å². The Morgan fingerprint density at radius 2 is 1.82 bits per heavy atom. The highest BCUT2D eigenvalue weighted by Gasteiger charge is 2.31. The predicted molar refractivity (Wildman–Crippen MR) is 132 cm³/mol. The van der Waals surface area contributed by atoms with E-state index in [2.05, 4.69) is 20.4 Å². The van der Waals surface area contributed by atoms with Gasteiger partial charge in [0.2, 0.25) is 10.7 Å². The van der Waals surface area contributed by atoms with E-state index in [0.717, 1.165) is 33.3 Å². The quantitative estimate of drug-likeness (QED) is 0.249. The summed E-state index contributed by atoms with van der Waals surface area (Å²) in [7, 11) is 0. The highest BCUT2D eigenvalue weighted by atomic mass is 32.2. The summed E-state index contributed by atoms with van der Waals surface area (Å²) < 4.78 is 6.60. The molecule has 0 bridgehead atoms. The SMILES string of the molecule is CC(C)(C)OC(=O)Nc1nc(/C(=N\OC(C)(C)C(=O)O)C(=O)Sc2nc3ccccc3s2)cs1. The van der Waals surface area contributed by atoms with Gasteiger partial charge in [0.05, 0.1) is 10.2 Å². The molecular formula is C21H22N4O6S3. The summed E-state index contributed by atoms with van der Waals surface area (Å²) in [4.78, 5) is 50.4. The maximum atomic E-state index is 13.1. The van der Waals surface area contributed by atoms with E-state index in [9.17, 15) is 19.5 Å². The number of rotatable bonds is 7. The second-order valence-corrected chi connectivity index (χ2v) is 11.5. The molecule has 0 aliphatic rings. The Bertz CT molecular complexity index is 1230. The van der Waals surface area contributed by atoms with Crippen molar-refractivity contribution in [3.63, 3.8) is 0 Å². The summed E-state index contributed by atoms with van der Waals surface area (Å²) in [6.45, 7) is 7.79. The Morgan fingerprint density at radius 1 is 1.12 bits per heavy atom. The molecule has 0 unspecified atom stereocenters. The first kappa shape index (κ1) is 25.6. The molecule has 0 atom stereocenters. The highest BCUT2D eigenvalue weighted by molar-refractivity contribution is 8.16. The number of thioether (sulfide) groups is 1. The monoisotopic (exact) mass is 522 g/mol. The van der Waals surface area contributed by atoms with Crippen molar-refractivity contribution in [3.05, 3.63) is 35.3 Å². The first-order valence-corrected chi connectivity index (χ1v) is 12.4. The van der Waals surface area contributed by atoms with Gasteiger partial charge < -0.3 is 14.7 Å². The molecule has 2 heterocycles. The average molecular weight is 523 g/mol. The van der Waals surface area contributed by atoms with Gasteiger partial charge >= 0.3 is 12.1 Å². The van der Waals surface area contributed by atoms with Crippen LogP contribution >= 0.6 is 34.4 Å². The number of anilines is 1. The van der Waals surface area contributed by atoms with Gasteiger partial charge in [-0.1, -0.05) is 17.3 Å². The first-order chi connectivity index (χ1) is 15.8. The Hall–Kier alpha value is -3.03. The number of thiazole rings is 2. The van der Waals surface area contributed by atoms with E-state index >= 15 is 0 Å². The molecule has 1 amide bonds. The summed E-state index contributed by atoms with van der Waals surface area (Å²) in [5, 5.41) is 16.8. The lowest BCUT2D eigenvalue weighted by Crippen LogP contribution is -2.33. The van der Waals surface area contributed by atoms with E-state index in [1.54, 1.807) is 20.8 Å². The Kier molecular flexibility index (Phi) is 7.58. The standard InChI is InChI=1S/C21H22N4O6S3/c1-20(2,3)30-18(29)24-17-22-12(10-32-17)14(25-31-21(4,5)16(27)28)15(26)34-19-23-11-8-6-7-9-13(11)33-19/h6-10H,1-5H3,(H,27,28)(H,22,24,29)/b25-14+. The van der Waals surface area contributed by atoms with Crippen LogP contribution in [0.15, 0.2) is 39.1 Å². The summed E-state index contributed by atoms with van der Waals surface area (Å²) >= 11 is 3.21. The number of aliphatic carboxylic acids is 1. The zero-order chi connectivity index (χ0) is 25.1. The maximum absolute atomic E-state index is 13.1. The van der Waals surface area contributed by atoms with Gasteiger partial charge in [-0.05, 0) is 58.5 Å². The van der Waals surface area contributed by atoms with Crippen LogP contribution in [0.4, 0.5) is 9.93 Å². The van der Waals surface area contributed by atoms with Gasteiger partial charge in [-0.15, -0.1) is 22.7 Å². The van der Waals surface area contributed by atoms with Gasteiger partial charge in [-0.25, -0.2) is 19.6 Å². The van der Waals surface area contributed by atoms with Crippen molar-refractivity contribution in [1.82, 2.24) is 9.97 Å². The van der Waals surface area contributed by atoms with Crippen LogP contribution < -0.4 is 5.32 Å². The number of carboxylic acid groups (broad SMARTS) is 1. The number of aromatic nitrogens is 2. The van der Waals surface area contributed by atoms with Crippen LogP contribution in [-0.4, -0.2) is 49.2 Å². The topological polar surface area (TPSA) is 140 Å². The average Bonchev–Trinajstić information content (AvgIpc) is 3.32. The molecule has 0 radical (unpaired) electrons. The van der Waals surface area contributed by atoms with E-state index in [4.69, 9.17) is 9.57 Å². The number of nitrogens with one attached hydrogen (secondary N) is 1. The molecule has 180 valence electrons. The maximum Gasteiger partial charge on any atom is 0.413 e. The largest absolute Gasteiger partial charge is 0.478 e. The van der Waals surface area contributed by atoms with Crippen LogP contribution in [0.2, 0.25) is 0 Å². The molecule has 1 aromatic carbocycles. The number of hydrogen-bond donors (Lipinski definition) is 2. The van der Waals surface area contributed by atoms with E-state index in [1.807, 2.05) is 24.3 Å². The molecule has 3 aromatic rings. The number of ether oxygens (including phenoxy) is 1. The van der Waals surface area contributed by atoms with Crippen molar-refractivity contribution in [2.24, 2.45) is 5.16 Å². The van der Waals surface area contributed by atoms with Gasteiger partial charge in [-0.3, -0.25) is 10.1 Å². The van der Waals surface area contributed by atoms with Crippen molar-refractivity contribution in [2.75, 3.05) is 5.32 Å². The number of fused-ring (bicyclic) bond motifs is 1. The van der Waals surface area contributed by atoms with Gasteiger partial charge in [-0.2, -0.15) is 0 Å². The Balaban J connectivity index is 1.86. The van der Waals surface area contributed by atoms with Crippen LogP contribution in [0.1, 0.15) is 40.3 Å². The third kappa shape index (κ3) is 6.74. The highest BCUT2D eigenvalue weighted by Crippen LogP contribution is 2.31. The lowest BCUT2D eigenvalue weighted by atomic mass is 10.1. The van der Waals surface area contributed by atoms with E-state index in [-0.39, 0.29) is 16.5 Å². The first-order valence-electron chi connectivity index (χ1n) is 9.87. The van der Waals surface area contributed by atoms with Gasteiger partial charge in [0.25, 0.3) is 0 Å². The van der Waals surface area contributed by atoms with Gasteiger partial charge in [0.1, 0.15) is 11.3 Å². The molecule has 0 fully saturated rings. The fraction of sp³-hybridized carbons (Fsp3) is 0.333. The second kappa shape index (κ2) is 10.1. The number of benzene rings is 1. The van der Waals surface area contributed by atoms with Crippen LogP contribution in [0.5, 0.6) is 0 Å². The Labute approximate surface area is 207 Å². The molecule has 0 saturated heterocycles. The predicted octanol–water partition coefficient (Wildman–Crippen LogP) is 5.00. The lowest BCUT2D eigenvalue weighted by Gasteiger charge is -2.18. The molecule has 2 aromatic heterocycles. The molecule has 0 aliphatic heterocycles. The van der Waals surface area contributed by atoms with Crippen molar-refractivity contribution >= 4 is 72.7 Å². The molecule has 0 spiro atoms. The molecule has 13 heteroatoms. The van der Waals surface area contributed by atoms with Crippen LogP contribution in [0.3, 0.4) is 0 Å². The molecule has 10 nitrogen and oxygen atoms in total. The summed E-state index contributed by atoms with van der Waals surface area (Å²) in [5.41, 5.74) is -1.73. The zero-order valence-electron chi connectivity index (χ0n) is 18.9. The minimum absolute atomic E-state index is 0.107. The molecule has 0 saturated carbocycles. The summed E-state index contributed by atoms with van der Waals surface area (Å²) in [5.74, 6) is -1.26. The number of carbonyl (C=O) groups is 3. The zero-order valence-corrected chi connectivity index (χ0v) is 21.4. The summed E-state index contributed by atoms with van der Waals surface area (Å²) in [6.07, 6.45) is -0.703. The van der Waals surface area contributed by atoms with Crippen LogP contribution in [0, 0.1) is 0 Å². The fourth-order valence-corrected chi connectivity index (χ4v) is 4.82. The fourth-order valence-electron chi connectivity index (χ4n) is 2.24. The number of amides is 1. The number of carboxylic acids is 1. The molecule has 0 aliphatic carbocycles. The lowest BCUT2D eigenvalue weighted by molar-refractivity contribution is -0.161. The van der Waals surface area contributed by atoms with Crippen LogP contribution in [0.25, 0.3) is 10.2 Å². The number of para-hydroxylation sites is 1. The second-order valence-electron chi connectivity index (χ2n) is 8.35. The summed E-state index contributed by atoms with van der Waals surface area (Å²) in [6, 6.07) is 7.45. The van der Waals surface area contributed by atoms with Crippen molar-refractivity contribution in [3.8, 4) is 0 Å². The number of oxime groups is 1. The van der Waals surface area contributed by atoms with Crippen LogP contribution in [-0.2, 0) is 19.2 Å². The molecular weight excluding hydrogens is 500 g/mol. The van der Waals surface area contributed by atoms with Gasteiger partial charge in [0.15, 0.2) is 15.2 Å². The molecule has 3 rings (SSSR count). The number of hydrogen-bond acceptors (Lipinski definition) is 11. The normalized spacial score (nSPS) is 12.4. The van der Waals surface area contributed by atoms with Crippen molar-refractivity contribution in [1.29, 1.82) is 0 Å². The number of nitrogens with zero attached hydrogens (tertiary/aromatic N) is 3. The third-order valence-electron chi connectivity index (χ3n) is 3.88. The van der Waals surface area contributed by atoms with Crippen molar-refractivity contribution in [2.45, 2.75) is 50.2 Å². The minimum Gasteiger partial charge on any atom is -0.478 e. The van der Waals surface area contributed by atoms with E-state index in [0.29, 0.717) is 4.34 Å². The molecule has 34 heavy (non-hydrogen) atoms.